The molecule has 3 N–H and O–H groups in total. The van der Waals surface area contributed by atoms with Crippen molar-refractivity contribution in [3.8, 4) is 0 Å². The molecule has 5 heteroatoms. The predicted molar refractivity (Wildman–Crippen MR) is 66.2 cm³/mol. The second kappa shape index (κ2) is 5.80. The Morgan fingerprint density at radius 3 is 2.87 bits per heavy atom. The second-order valence-corrected chi connectivity index (χ2v) is 4.56. The highest BCUT2D eigenvalue weighted by atomic mass is 32.2. The maximum atomic E-state index is 5.60. The van der Waals surface area contributed by atoms with Crippen molar-refractivity contribution in [2.75, 3.05) is 23.9 Å². The zero-order valence-electron chi connectivity index (χ0n) is 9.45. The normalized spacial score (nSPS) is 12.5. The molecule has 0 aliphatic heterocycles. The van der Waals surface area contributed by atoms with E-state index in [2.05, 4.69) is 29.1 Å². The Bertz CT molecular complexity index is 316. The zero-order valence-corrected chi connectivity index (χ0v) is 10.3. The van der Waals surface area contributed by atoms with Gasteiger partial charge in [-0.1, -0.05) is 20.3 Å². The molecule has 0 saturated carbocycles. The summed E-state index contributed by atoms with van der Waals surface area (Å²) in [4.78, 5) is 8.22. The van der Waals surface area contributed by atoms with Crippen molar-refractivity contribution >= 4 is 23.5 Å². The van der Waals surface area contributed by atoms with Crippen LogP contribution in [0.25, 0.3) is 0 Å². The van der Waals surface area contributed by atoms with E-state index >= 15 is 0 Å². The van der Waals surface area contributed by atoms with Gasteiger partial charge in [-0.25, -0.2) is 4.98 Å². The number of thioether (sulfide) groups is 1. The minimum Gasteiger partial charge on any atom is -0.373 e. The number of nitrogens with zero attached hydrogens (tertiary/aromatic N) is 2. The Kier molecular flexibility index (Phi) is 4.68. The minimum absolute atomic E-state index is 0.327. The van der Waals surface area contributed by atoms with E-state index in [4.69, 9.17) is 5.73 Å². The van der Waals surface area contributed by atoms with E-state index in [1.54, 1.807) is 11.8 Å². The molecule has 0 amide bonds. The number of aromatic nitrogens is 2. The highest BCUT2D eigenvalue weighted by Gasteiger charge is 2.04. The summed E-state index contributed by atoms with van der Waals surface area (Å²) < 4.78 is 0. The van der Waals surface area contributed by atoms with Gasteiger partial charge in [0.25, 0.3) is 0 Å². The number of anilines is 2. The van der Waals surface area contributed by atoms with E-state index in [1.807, 2.05) is 13.1 Å². The van der Waals surface area contributed by atoms with E-state index in [0.717, 1.165) is 16.6 Å². The summed E-state index contributed by atoms with van der Waals surface area (Å²) in [6, 6.07) is 1.92. The molecule has 0 bridgehead atoms. The summed E-state index contributed by atoms with van der Waals surface area (Å²) >= 11 is 1.73. The molecule has 0 aliphatic rings. The van der Waals surface area contributed by atoms with Crippen LogP contribution in [0.15, 0.2) is 11.1 Å². The smallest absolute Gasteiger partial charge is 0.223 e. The van der Waals surface area contributed by atoms with E-state index in [9.17, 15) is 0 Å². The fourth-order valence-electron chi connectivity index (χ4n) is 0.990. The third kappa shape index (κ3) is 3.95. The van der Waals surface area contributed by atoms with Crippen molar-refractivity contribution < 1.29 is 0 Å². The first-order valence-corrected chi connectivity index (χ1v) is 6.09. The highest BCUT2D eigenvalue weighted by Crippen LogP contribution is 2.22. The summed E-state index contributed by atoms with van der Waals surface area (Å²) in [5, 5.41) is 3.90. The summed E-state index contributed by atoms with van der Waals surface area (Å²) in [6.07, 6.45) is 1.19. The molecule has 0 aliphatic carbocycles. The molecule has 0 radical (unpaired) electrons. The molecule has 1 aromatic heterocycles. The Hall–Kier alpha value is -0.970. The summed E-state index contributed by atoms with van der Waals surface area (Å²) in [7, 11) is 1.82. The molecule has 0 saturated heterocycles. The lowest BCUT2D eigenvalue weighted by Gasteiger charge is -2.08. The quantitative estimate of drug-likeness (QED) is 0.595. The second-order valence-electron chi connectivity index (χ2n) is 3.52. The lowest BCUT2D eigenvalue weighted by Crippen LogP contribution is -2.02. The van der Waals surface area contributed by atoms with Gasteiger partial charge in [0.1, 0.15) is 10.8 Å². The summed E-state index contributed by atoms with van der Waals surface area (Å²) in [5.74, 6) is 2.86. The first kappa shape index (κ1) is 12.1. The van der Waals surface area contributed by atoms with Gasteiger partial charge in [-0.15, -0.1) is 11.8 Å². The van der Waals surface area contributed by atoms with Crippen molar-refractivity contribution in [3.05, 3.63) is 6.07 Å². The van der Waals surface area contributed by atoms with Gasteiger partial charge in [-0.3, -0.25) is 0 Å². The van der Waals surface area contributed by atoms with Crippen molar-refractivity contribution in [2.24, 2.45) is 5.92 Å². The van der Waals surface area contributed by atoms with Gasteiger partial charge in [0.15, 0.2) is 0 Å². The van der Waals surface area contributed by atoms with Crippen molar-refractivity contribution in [1.29, 1.82) is 0 Å². The molecule has 0 fully saturated rings. The topological polar surface area (TPSA) is 63.8 Å². The molecule has 1 aromatic rings. The van der Waals surface area contributed by atoms with Crippen LogP contribution >= 0.6 is 11.8 Å². The highest BCUT2D eigenvalue weighted by molar-refractivity contribution is 7.99. The van der Waals surface area contributed by atoms with Crippen LogP contribution in [0, 0.1) is 5.92 Å². The number of rotatable bonds is 5. The maximum Gasteiger partial charge on any atom is 0.223 e. The van der Waals surface area contributed by atoms with Crippen molar-refractivity contribution in [3.63, 3.8) is 0 Å². The van der Waals surface area contributed by atoms with Gasteiger partial charge >= 0.3 is 0 Å². The average Bonchev–Trinajstić information content (AvgIpc) is 2.25. The van der Waals surface area contributed by atoms with Crippen molar-refractivity contribution in [2.45, 2.75) is 25.3 Å². The van der Waals surface area contributed by atoms with E-state index in [0.29, 0.717) is 11.9 Å². The van der Waals surface area contributed by atoms with Gasteiger partial charge in [0.05, 0.1) is 0 Å². The van der Waals surface area contributed by atoms with E-state index in [1.165, 1.54) is 6.42 Å². The monoisotopic (exact) mass is 226 g/mol. The Morgan fingerprint density at radius 2 is 2.27 bits per heavy atom. The summed E-state index contributed by atoms with van der Waals surface area (Å²) in [6.45, 7) is 4.43. The molecule has 0 spiro atoms. The minimum atomic E-state index is 0.327. The molecular weight excluding hydrogens is 208 g/mol. The van der Waals surface area contributed by atoms with Crippen LogP contribution in [0.4, 0.5) is 11.8 Å². The SMILES string of the molecule is CCC(C)CSc1cc(NC)nc(N)n1. The molecule has 4 nitrogen and oxygen atoms in total. The molecule has 1 unspecified atom stereocenters. The number of nitrogen functional groups attached to an aromatic ring is 1. The van der Waals surface area contributed by atoms with Crippen molar-refractivity contribution in [1.82, 2.24) is 9.97 Å². The maximum absolute atomic E-state index is 5.60. The molecule has 0 aromatic carbocycles. The van der Waals surface area contributed by atoms with E-state index in [-0.39, 0.29) is 0 Å². The van der Waals surface area contributed by atoms with Gasteiger partial charge in [0.2, 0.25) is 5.95 Å². The van der Waals surface area contributed by atoms with Gasteiger partial charge in [0, 0.05) is 18.9 Å². The van der Waals surface area contributed by atoms with Gasteiger partial charge in [-0.05, 0) is 5.92 Å². The first-order valence-electron chi connectivity index (χ1n) is 5.10. The Balaban J connectivity index is 2.64. The average molecular weight is 226 g/mol. The number of hydrogen-bond acceptors (Lipinski definition) is 5. The largest absolute Gasteiger partial charge is 0.373 e. The third-order valence-corrected chi connectivity index (χ3v) is 3.43. The van der Waals surface area contributed by atoms with Crippen LogP contribution in [0.1, 0.15) is 20.3 Å². The molecule has 15 heavy (non-hydrogen) atoms. The molecule has 1 atom stereocenters. The van der Waals surface area contributed by atoms with Crippen LogP contribution in [0.5, 0.6) is 0 Å². The third-order valence-electron chi connectivity index (χ3n) is 2.19. The van der Waals surface area contributed by atoms with Crippen LogP contribution in [0.3, 0.4) is 0 Å². The molecular formula is C10H18N4S. The fourth-order valence-corrected chi connectivity index (χ4v) is 2.03. The van der Waals surface area contributed by atoms with Crippen LogP contribution < -0.4 is 11.1 Å². The Morgan fingerprint density at radius 1 is 1.53 bits per heavy atom. The zero-order chi connectivity index (χ0) is 11.3. The molecule has 1 heterocycles. The fraction of sp³-hybridized carbons (Fsp3) is 0.600. The Labute approximate surface area is 95.1 Å². The van der Waals surface area contributed by atoms with Gasteiger partial charge < -0.3 is 11.1 Å². The van der Waals surface area contributed by atoms with Gasteiger partial charge in [-0.2, -0.15) is 4.98 Å². The standard InChI is InChI=1S/C10H18N4S/c1-4-7(2)6-15-9-5-8(12-3)13-10(11)14-9/h5,7H,4,6H2,1-3H3,(H3,11,12,13,14). The number of nitrogens with one attached hydrogen (secondary N) is 1. The van der Waals surface area contributed by atoms with Crippen LogP contribution in [0.2, 0.25) is 0 Å². The lowest BCUT2D eigenvalue weighted by molar-refractivity contribution is 0.636. The van der Waals surface area contributed by atoms with Crippen LogP contribution in [-0.4, -0.2) is 22.8 Å². The van der Waals surface area contributed by atoms with E-state index < -0.39 is 0 Å². The lowest BCUT2D eigenvalue weighted by atomic mass is 10.2. The number of hydrogen-bond donors (Lipinski definition) is 2. The predicted octanol–water partition coefficient (Wildman–Crippen LogP) is 2.24. The van der Waals surface area contributed by atoms with Crippen LogP contribution in [-0.2, 0) is 0 Å². The first-order chi connectivity index (χ1) is 7.15. The molecule has 84 valence electrons. The number of nitrogens with two attached hydrogens (primary N) is 1. The molecule has 1 rings (SSSR count). The summed E-state index contributed by atoms with van der Waals surface area (Å²) in [5.41, 5.74) is 5.60.